The monoisotopic (exact) mass is 302 g/mol. The Morgan fingerprint density at radius 2 is 2.24 bits per heavy atom. The maximum atomic E-state index is 4.68. The molecule has 1 atom stereocenters. The van der Waals surface area contributed by atoms with E-state index in [9.17, 15) is 0 Å². The Morgan fingerprint density at radius 1 is 1.33 bits per heavy atom. The van der Waals surface area contributed by atoms with Gasteiger partial charge >= 0.3 is 0 Å². The Bertz CT molecular complexity index is 738. The van der Waals surface area contributed by atoms with Crippen molar-refractivity contribution in [2.24, 2.45) is 0 Å². The summed E-state index contributed by atoms with van der Waals surface area (Å²) < 4.78 is 3.93. The summed E-state index contributed by atoms with van der Waals surface area (Å²) in [6.45, 7) is 6.07. The van der Waals surface area contributed by atoms with Crippen molar-refractivity contribution in [3.05, 3.63) is 29.8 Å². The molecule has 0 amide bonds. The van der Waals surface area contributed by atoms with Crippen LogP contribution in [0.1, 0.15) is 24.1 Å². The van der Waals surface area contributed by atoms with E-state index < -0.39 is 0 Å². The summed E-state index contributed by atoms with van der Waals surface area (Å²) in [5.41, 5.74) is 2.23. The third kappa shape index (κ3) is 2.31. The predicted molar refractivity (Wildman–Crippen MR) is 82.9 cm³/mol. The number of anilines is 1. The van der Waals surface area contributed by atoms with Gasteiger partial charge in [0.2, 0.25) is 10.1 Å². The van der Waals surface area contributed by atoms with E-state index in [4.69, 9.17) is 0 Å². The van der Waals surface area contributed by atoms with Gasteiger partial charge in [0.25, 0.3) is 0 Å². The van der Waals surface area contributed by atoms with E-state index >= 15 is 0 Å². The molecule has 0 aromatic carbocycles. The fourth-order valence-corrected chi connectivity index (χ4v) is 4.00. The first kappa shape index (κ1) is 12.8. The molecule has 0 spiro atoms. The van der Waals surface area contributed by atoms with Crippen LogP contribution in [-0.4, -0.2) is 37.0 Å². The number of aryl methyl sites for hydroxylation is 2. The molecule has 7 heteroatoms. The molecule has 0 saturated carbocycles. The normalized spacial score (nSPS) is 19.0. The first-order chi connectivity index (χ1) is 10.2. The fourth-order valence-electron chi connectivity index (χ4n) is 2.97. The van der Waals surface area contributed by atoms with Gasteiger partial charge < -0.3 is 4.90 Å². The highest BCUT2D eigenvalue weighted by Crippen LogP contribution is 2.30. The number of hydrogen-bond acceptors (Lipinski definition) is 5. The average molecular weight is 302 g/mol. The van der Waals surface area contributed by atoms with Gasteiger partial charge in [-0.2, -0.15) is 5.10 Å². The minimum absolute atomic E-state index is 0.473. The van der Waals surface area contributed by atoms with Crippen molar-refractivity contribution in [3.8, 4) is 0 Å². The molecule has 4 heterocycles. The SMILES string of the molecule is Cc1cnn(CC2CCCN2c2nn3cc(C)nc3s2)c1. The van der Waals surface area contributed by atoms with E-state index in [1.165, 1.54) is 18.4 Å². The Kier molecular flexibility index (Phi) is 2.95. The Balaban J connectivity index is 1.58. The summed E-state index contributed by atoms with van der Waals surface area (Å²) in [6, 6.07) is 0.473. The molecule has 3 aromatic rings. The molecule has 1 aliphatic rings. The van der Waals surface area contributed by atoms with E-state index in [1.54, 1.807) is 11.3 Å². The lowest BCUT2D eigenvalue weighted by molar-refractivity contribution is 0.508. The standard InChI is InChI=1S/C14H18N6S/c1-10-6-15-18(7-10)9-12-4-3-5-19(12)14-17-20-8-11(2)16-13(20)21-14/h6-8,12H,3-5,9H2,1-2H3. The summed E-state index contributed by atoms with van der Waals surface area (Å²) in [4.78, 5) is 7.88. The first-order valence-corrected chi connectivity index (χ1v) is 8.09. The molecule has 0 radical (unpaired) electrons. The summed E-state index contributed by atoms with van der Waals surface area (Å²) in [7, 11) is 0. The second-order valence-electron chi connectivity index (χ2n) is 5.72. The van der Waals surface area contributed by atoms with Gasteiger partial charge in [-0.15, -0.1) is 5.10 Å². The summed E-state index contributed by atoms with van der Waals surface area (Å²) in [6.07, 6.45) is 8.41. The van der Waals surface area contributed by atoms with Crippen molar-refractivity contribution in [2.45, 2.75) is 39.3 Å². The third-order valence-electron chi connectivity index (χ3n) is 3.94. The molecule has 110 valence electrons. The maximum Gasteiger partial charge on any atom is 0.214 e. The lowest BCUT2D eigenvalue weighted by Gasteiger charge is -2.23. The van der Waals surface area contributed by atoms with Crippen molar-refractivity contribution < 1.29 is 0 Å². The molecular weight excluding hydrogens is 284 g/mol. The van der Waals surface area contributed by atoms with Crippen molar-refractivity contribution >= 4 is 21.4 Å². The van der Waals surface area contributed by atoms with E-state index in [0.717, 1.165) is 28.9 Å². The fraction of sp³-hybridized carbons (Fsp3) is 0.500. The van der Waals surface area contributed by atoms with Crippen LogP contribution in [0, 0.1) is 13.8 Å². The molecule has 21 heavy (non-hydrogen) atoms. The van der Waals surface area contributed by atoms with Gasteiger partial charge in [0.1, 0.15) is 0 Å². The zero-order valence-electron chi connectivity index (χ0n) is 12.2. The molecule has 1 aliphatic heterocycles. The first-order valence-electron chi connectivity index (χ1n) is 7.27. The van der Waals surface area contributed by atoms with Gasteiger partial charge in [-0.1, -0.05) is 11.3 Å². The lowest BCUT2D eigenvalue weighted by atomic mass is 10.2. The van der Waals surface area contributed by atoms with Crippen LogP contribution in [0.25, 0.3) is 4.96 Å². The quantitative estimate of drug-likeness (QED) is 0.745. The minimum atomic E-state index is 0.473. The number of hydrogen-bond donors (Lipinski definition) is 0. The number of fused-ring (bicyclic) bond motifs is 1. The summed E-state index contributed by atoms with van der Waals surface area (Å²) in [5, 5.41) is 10.2. The van der Waals surface area contributed by atoms with E-state index in [2.05, 4.69) is 33.2 Å². The number of aromatic nitrogens is 5. The van der Waals surface area contributed by atoms with Gasteiger partial charge in [0, 0.05) is 12.7 Å². The lowest BCUT2D eigenvalue weighted by Crippen LogP contribution is -2.33. The van der Waals surface area contributed by atoms with Gasteiger partial charge in [-0.3, -0.25) is 4.68 Å². The second-order valence-corrected chi connectivity index (χ2v) is 6.66. The minimum Gasteiger partial charge on any atom is -0.342 e. The van der Waals surface area contributed by atoms with Crippen LogP contribution >= 0.6 is 11.3 Å². The van der Waals surface area contributed by atoms with Crippen molar-refractivity contribution in [1.29, 1.82) is 0 Å². The van der Waals surface area contributed by atoms with E-state index in [0.29, 0.717) is 6.04 Å². The molecule has 0 aliphatic carbocycles. The highest BCUT2D eigenvalue weighted by Gasteiger charge is 2.28. The third-order valence-corrected chi connectivity index (χ3v) is 4.90. The largest absolute Gasteiger partial charge is 0.342 e. The zero-order chi connectivity index (χ0) is 14.4. The van der Waals surface area contributed by atoms with Crippen LogP contribution in [0.3, 0.4) is 0 Å². The second kappa shape index (κ2) is 4.84. The topological polar surface area (TPSA) is 51.2 Å². The van der Waals surface area contributed by atoms with Crippen LogP contribution in [0.4, 0.5) is 5.13 Å². The zero-order valence-corrected chi connectivity index (χ0v) is 13.0. The molecule has 0 N–H and O–H groups in total. The molecule has 1 fully saturated rings. The summed E-state index contributed by atoms with van der Waals surface area (Å²) >= 11 is 1.67. The van der Waals surface area contributed by atoms with E-state index in [-0.39, 0.29) is 0 Å². The Labute approximate surface area is 127 Å². The molecule has 1 saturated heterocycles. The highest BCUT2D eigenvalue weighted by atomic mass is 32.1. The molecule has 0 bridgehead atoms. The van der Waals surface area contributed by atoms with Crippen molar-refractivity contribution in [2.75, 3.05) is 11.4 Å². The van der Waals surface area contributed by atoms with Crippen LogP contribution < -0.4 is 4.90 Å². The van der Waals surface area contributed by atoms with Crippen LogP contribution in [0.2, 0.25) is 0 Å². The van der Waals surface area contributed by atoms with Gasteiger partial charge in [0.05, 0.1) is 30.7 Å². The van der Waals surface area contributed by atoms with Crippen LogP contribution in [0.15, 0.2) is 18.6 Å². The number of nitrogens with zero attached hydrogens (tertiary/aromatic N) is 6. The molecular formula is C14H18N6S. The number of rotatable bonds is 3. The van der Waals surface area contributed by atoms with Crippen LogP contribution in [0.5, 0.6) is 0 Å². The summed E-state index contributed by atoms with van der Waals surface area (Å²) in [5.74, 6) is 0. The molecule has 6 nitrogen and oxygen atoms in total. The van der Waals surface area contributed by atoms with E-state index in [1.807, 2.05) is 28.5 Å². The van der Waals surface area contributed by atoms with Crippen molar-refractivity contribution in [3.63, 3.8) is 0 Å². The Hall–Kier alpha value is -1.89. The van der Waals surface area contributed by atoms with Crippen LogP contribution in [-0.2, 0) is 6.54 Å². The molecule has 4 rings (SSSR count). The van der Waals surface area contributed by atoms with Crippen molar-refractivity contribution in [1.82, 2.24) is 24.4 Å². The predicted octanol–water partition coefficient (Wildman–Crippen LogP) is 2.27. The smallest absolute Gasteiger partial charge is 0.214 e. The highest BCUT2D eigenvalue weighted by molar-refractivity contribution is 7.20. The molecule has 1 unspecified atom stereocenters. The van der Waals surface area contributed by atoms with Gasteiger partial charge in [-0.05, 0) is 32.3 Å². The Morgan fingerprint density at radius 3 is 3.00 bits per heavy atom. The maximum absolute atomic E-state index is 4.68. The van der Waals surface area contributed by atoms with Gasteiger partial charge in [-0.25, -0.2) is 9.50 Å². The van der Waals surface area contributed by atoms with Gasteiger partial charge in [0.15, 0.2) is 0 Å². The number of imidazole rings is 1. The molecule has 3 aromatic heterocycles. The average Bonchev–Trinajstić information content (AvgIpc) is 3.14.